The molecule has 2 saturated heterocycles. The lowest BCUT2D eigenvalue weighted by Crippen LogP contribution is -2.47. The first-order valence-corrected chi connectivity index (χ1v) is 10.3. The summed E-state index contributed by atoms with van der Waals surface area (Å²) in [6.45, 7) is 14.4. The van der Waals surface area contributed by atoms with Crippen LogP contribution in [0.25, 0.3) is 0 Å². The van der Waals surface area contributed by atoms with Crippen LogP contribution in [0.15, 0.2) is 18.2 Å². The average Bonchev–Trinajstić information content (AvgIpc) is 3.22. The zero-order valence-electron chi connectivity index (χ0n) is 17.5. The third-order valence-corrected chi connectivity index (χ3v) is 5.59. The molecule has 28 heavy (non-hydrogen) atoms. The van der Waals surface area contributed by atoms with Gasteiger partial charge in [-0.2, -0.15) is 5.10 Å². The van der Waals surface area contributed by atoms with Gasteiger partial charge in [0.25, 0.3) is 0 Å². The molecule has 150 valence electrons. The van der Waals surface area contributed by atoms with E-state index in [-0.39, 0.29) is 5.41 Å². The molecular formula is C21H31N7. The number of nitrogens with zero attached hydrogens (tertiary/aromatic N) is 7. The first-order valence-electron chi connectivity index (χ1n) is 10.3. The number of aromatic nitrogens is 4. The van der Waals surface area contributed by atoms with Crippen molar-refractivity contribution in [1.82, 2.24) is 20.2 Å². The van der Waals surface area contributed by atoms with Gasteiger partial charge in [-0.05, 0) is 31.9 Å². The second-order valence-electron chi connectivity index (χ2n) is 8.83. The zero-order chi connectivity index (χ0) is 19.7. The minimum Gasteiger partial charge on any atom is -0.356 e. The highest BCUT2D eigenvalue weighted by atomic mass is 15.3. The van der Waals surface area contributed by atoms with E-state index in [9.17, 15) is 0 Å². The molecule has 4 rings (SSSR count). The number of aryl methyl sites for hydroxylation is 1. The minimum atomic E-state index is 0.0299. The van der Waals surface area contributed by atoms with Gasteiger partial charge in [0.1, 0.15) is 17.5 Å². The van der Waals surface area contributed by atoms with Crippen molar-refractivity contribution in [1.29, 1.82) is 0 Å². The highest BCUT2D eigenvalue weighted by Crippen LogP contribution is 2.25. The van der Waals surface area contributed by atoms with Crippen molar-refractivity contribution < 1.29 is 0 Å². The largest absolute Gasteiger partial charge is 0.356 e. The lowest BCUT2D eigenvalue weighted by molar-refractivity contribution is 0.556. The van der Waals surface area contributed by atoms with E-state index >= 15 is 0 Å². The molecule has 0 atom stereocenters. The molecule has 4 heterocycles. The molecule has 7 nitrogen and oxygen atoms in total. The van der Waals surface area contributed by atoms with Crippen molar-refractivity contribution in [2.45, 2.75) is 46.0 Å². The normalized spacial score (nSPS) is 18.1. The molecule has 0 spiro atoms. The maximum atomic E-state index is 4.71. The smallest absolute Gasteiger partial charge is 0.151 e. The van der Waals surface area contributed by atoms with E-state index in [4.69, 9.17) is 4.98 Å². The molecule has 0 N–H and O–H groups in total. The molecule has 2 fully saturated rings. The Morgan fingerprint density at radius 2 is 1.25 bits per heavy atom. The predicted octanol–water partition coefficient (Wildman–Crippen LogP) is 2.80. The monoisotopic (exact) mass is 381 g/mol. The van der Waals surface area contributed by atoms with Crippen LogP contribution in [-0.4, -0.2) is 59.4 Å². The van der Waals surface area contributed by atoms with Crippen LogP contribution < -0.4 is 14.7 Å². The molecule has 0 amide bonds. The number of rotatable bonds is 3. The van der Waals surface area contributed by atoms with Gasteiger partial charge < -0.3 is 14.7 Å². The van der Waals surface area contributed by atoms with E-state index in [1.54, 1.807) is 0 Å². The van der Waals surface area contributed by atoms with Gasteiger partial charge in [-0.25, -0.2) is 9.97 Å². The molecule has 0 radical (unpaired) electrons. The fourth-order valence-electron chi connectivity index (χ4n) is 3.87. The second kappa shape index (κ2) is 7.53. The molecule has 0 saturated carbocycles. The summed E-state index contributed by atoms with van der Waals surface area (Å²) in [6, 6.07) is 6.36. The van der Waals surface area contributed by atoms with Gasteiger partial charge in [-0.15, -0.1) is 5.10 Å². The summed E-state index contributed by atoms with van der Waals surface area (Å²) >= 11 is 0. The number of hydrogen-bond donors (Lipinski definition) is 0. The summed E-state index contributed by atoms with van der Waals surface area (Å²) in [5, 5.41) is 8.91. The van der Waals surface area contributed by atoms with Crippen molar-refractivity contribution >= 4 is 17.5 Å². The van der Waals surface area contributed by atoms with Crippen LogP contribution >= 0.6 is 0 Å². The molecule has 2 aliphatic heterocycles. The average molecular weight is 382 g/mol. The van der Waals surface area contributed by atoms with Crippen LogP contribution in [0.4, 0.5) is 17.5 Å². The summed E-state index contributed by atoms with van der Waals surface area (Å²) in [5.41, 5.74) is 1.06. The quantitative estimate of drug-likeness (QED) is 0.810. The third-order valence-electron chi connectivity index (χ3n) is 5.59. The molecule has 0 unspecified atom stereocenters. The van der Waals surface area contributed by atoms with Crippen LogP contribution in [0, 0.1) is 6.92 Å². The van der Waals surface area contributed by atoms with Gasteiger partial charge in [0.05, 0.1) is 5.69 Å². The fraction of sp³-hybridized carbons (Fsp3) is 0.619. The van der Waals surface area contributed by atoms with Crippen molar-refractivity contribution in [2.75, 3.05) is 54.0 Å². The van der Waals surface area contributed by atoms with Gasteiger partial charge in [0, 0.05) is 50.7 Å². The van der Waals surface area contributed by atoms with Crippen LogP contribution in [0.2, 0.25) is 0 Å². The summed E-state index contributed by atoms with van der Waals surface area (Å²) in [4.78, 5) is 16.4. The highest BCUT2D eigenvalue weighted by Gasteiger charge is 2.23. The molecule has 7 heteroatoms. The van der Waals surface area contributed by atoms with Gasteiger partial charge in [0.15, 0.2) is 5.82 Å². The van der Waals surface area contributed by atoms with Gasteiger partial charge in [-0.3, -0.25) is 0 Å². The number of hydrogen-bond acceptors (Lipinski definition) is 7. The standard InChI is InChI=1S/C21H31N7/c1-16-22-19(26-9-5-6-10-26)15-20(23-16)28-13-11-27(12-14-28)18-8-7-17(24-25-18)21(2,3)4/h7-8,15H,5-6,9-14H2,1-4H3. The number of piperazine rings is 1. The van der Waals surface area contributed by atoms with Crippen molar-refractivity contribution in [2.24, 2.45) is 0 Å². The Hall–Kier alpha value is -2.44. The lowest BCUT2D eigenvalue weighted by atomic mass is 9.92. The molecule has 0 bridgehead atoms. The third kappa shape index (κ3) is 4.03. The Morgan fingerprint density at radius 3 is 1.75 bits per heavy atom. The lowest BCUT2D eigenvalue weighted by Gasteiger charge is -2.36. The molecule has 2 aliphatic rings. The summed E-state index contributed by atoms with van der Waals surface area (Å²) in [5.74, 6) is 3.93. The zero-order valence-corrected chi connectivity index (χ0v) is 17.5. The van der Waals surface area contributed by atoms with Crippen LogP contribution in [-0.2, 0) is 5.41 Å². The first-order chi connectivity index (χ1) is 13.4. The van der Waals surface area contributed by atoms with E-state index in [1.165, 1.54) is 12.8 Å². The molecular weight excluding hydrogens is 350 g/mol. The summed E-state index contributed by atoms with van der Waals surface area (Å²) < 4.78 is 0. The summed E-state index contributed by atoms with van der Waals surface area (Å²) in [7, 11) is 0. The van der Waals surface area contributed by atoms with Crippen molar-refractivity contribution in [3.63, 3.8) is 0 Å². The van der Waals surface area contributed by atoms with Gasteiger partial charge >= 0.3 is 0 Å². The molecule has 2 aromatic heterocycles. The van der Waals surface area contributed by atoms with Gasteiger partial charge in [0.2, 0.25) is 0 Å². The van der Waals surface area contributed by atoms with E-state index < -0.39 is 0 Å². The molecule has 0 aromatic carbocycles. The Kier molecular flexibility index (Phi) is 5.08. The van der Waals surface area contributed by atoms with Crippen LogP contribution in [0.3, 0.4) is 0 Å². The van der Waals surface area contributed by atoms with E-state index in [1.807, 2.05) is 6.92 Å². The first kappa shape index (κ1) is 18.9. The van der Waals surface area contributed by atoms with Crippen LogP contribution in [0.5, 0.6) is 0 Å². The fourth-order valence-corrected chi connectivity index (χ4v) is 3.87. The van der Waals surface area contributed by atoms with Crippen LogP contribution in [0.1, 0.15) is 45.1 Å². The topological polar surface area (TPSA) is 61.3 Å². The van der Waals surface area contributed by atoms with E-state index in [0.717, 1.165) is 68.2 Å². The SMILES string of the molecule is Cc1nc(N2CCCC2)cc(N2CCN(c3ccc(C(C)(C)C)nn3)CC2)n1. The Balaban J connectivity index is 1.43. The maximum absolute atomic E-state index is 4.71. The Labute approximate surface area is 167 Å². The minimum absolute atomic E-state index is 0.0299. The maximum Gasteiger partial charge on any atom is 0.151 e. The molecule has 2 aromatic rings. The Bertz CT molecular complexity index is 798. The van der Waals surface area contributed by atoms with Gasteiger partial charge in [-0.1, -0.05) is 20.8 Å². The van der Waals surface area contributed by atoms with Crippen molar-refractivity contribution in [3.8, 4) is 0 Å². The van der Waals surface area contributed by atoms with E-state index in [2.05, 4.69) is 68.9 Å². The molecule has 0 aliphatic carbocycles. The van der Waals surface area contributed by atoms with Crippen molar-refractivity contribution in [3.05, 3.63) is 29.7 Å². The van der Waals surface area contributed by atoms with E-state index in [0.29, 0.717) is 0 Å². The Morgan fingerprint density at radius 1 is 0.714 bits per heavy atom. The highest BCUT2D eigenvalue weighted by molar-refractivity contribution is 5.53. The summed E-state index contributed by atoms with van der Waals surface area (Å²) in [6.07, 6.45) is 2.51. The second-order valence-corrected chi connectivity index (χ2v) is 8.83. The predicted molar refractivity (Wildman–Crippen MR) is 113 cm³/mol. The number of anilines is 3.